The summed E-state index contributed by atoms with van der Waals surface area (Å²) < 4.78 is 28.2. The molecule has 1 saturated carbocycles. The van der Waals surface area contributed by atoms with Crippen molar-refractivity contribution in [3.8, 4) is 0 Å². The summed E-state index contributed by atoms with van der Waals surface area (Å²) in [5, 5.41) is 0. The van der Waals surface area contributed by atoms with Gasteiger partial charge in [0.05, 0.1) is 4.90 Å². The van der Waals surface area contributed by atoms with E-state index in [1.54, 1.807) is 18.2 Å². The number of amides is 1. The lowest BCUT2D eigenvalue weighted by molar-refractivity contribution is -0.124. The van der Waals surface area contributed by atoms with E-state index in [0.29, 0.717) is 26.1 Å². The molecule has 0 saturated heterocycles. The predicted molar refractivity (Wildman–Crippen MR) is 118 cm³/mol. The van der Waals surface area contributed by atoms with E-state index in [1.165, 1.54) is 5.56 Å². The normalized spacial score (nSPS) is 16.5. The highest BCUT2D eigenvalue weighted by molar-refractivity contribution is 7.89. The van der Waals surface area contributed by atoms with Crippen molar-refractivity contribution in [2.45, 2.75) is 37.1 Å². The Bertz CT molecular complexity index is 1000. The third-order valence-electron chi connectivity index (χ3n) is 6.06. The van der Waals surface area contributed by atoms with Gasteiger partial charge in [0, 0.05) is 37.8 Å². The minimum Gasteiger partial charge on any atom is -0.312 e. The summed E-state index contributed by atoms with van der Waals surface area (Å²) in [6.45, 7) is 2.37. The molecule has 0 atom stereocenters. The lowest BCUT2D eigenvalue weighted by Crippen LogP contribution is -2.37. The summed E-state index contributed by atoms with van der Waals surface area (Å²) in [7, 11) is -1.60. The molecule has 2 aromatic carbocycles. The Hall–Kier alpha value is -2.22. The summed E-state index contributed by atoms with van der Waals surface area (Å²) >= 11 is 0. The molecule has 0 unspecified atom stereocenters. The summed E-state index contributed by atoms with van der Waals surface area (Å²) in [5.41, 5.74) is 3.00. The van der Waals surface area contributed by atoms with Crippen LogP contribution in [0.2, 0.25) is 0 Å². The van der Waals surface area contributed by atoms with E-state index in [9.17, 15) is 13.2 Å². The van der Waals surface area contributed by atoms with Gasteiger partial charge in [0.25, 0.3) is 0 Å². The Morgan fingerprint density at radius 1 is 1.17 bits per heavy atom. The number of hydrogen-bond donors (Lipinski definition) is 1. The smallest absolute Gasteiger partial charge is 0.240 e. The second-order valence-electron chi connectivity index (χ2n) is 8.28. The molecule has 0 aromatic heterocycles. The molecule has 1 aliphatic carbocycles. The second kappa shape index (κ2) is 8.88. The van der Waals surface area contributed by atoms with Crippen molar-refractivity contribution >= 4 is 21.6 Å². The second-order valence-corrected chi connectivity index (χ2v) is 10.0. The van der Waals surface area contributed by atoms with Gasteiger partial charge in [-0.15, -0.1) is 0 Å². The van der Waals surface area contributed by atoms with Crippen LogP contribution in [-0.4, -0.2) is 45.9 Å². The molecule has 2 aromatic rings. The van der Waals surface area contributed by atoms with Crippen molar-refractivity contribution < 1.29 is 13.2 Å². The van der Waals surface area contributed by atoms with Gasteiger partial charge < -0.3 is 9.80 Å². The molecule has 1 N–H and O–H groups in total. The SMILES string of the molecule is CN(CCNS(=O)(=O)c1ccc2c(c1)CCN2C(=O)C1CCC1)Cc1ccccc1. The molecule has 1 amide bonds. The van der Waals surface area contributed by atoms with Crippen LogP contribution >= 0.6 is 0 Å². The highest BCUT2D eigenvalue weighted by Gasteiger charge is 2.33. The van der Waals surface area contributed by atoms with E-state index in [2.05, 4.69) is 21.8 Å². The van der Waals surface area contributed by atoms with E-state index >= 15 is 0 Å². The minimum atomic E-state index is -3.58. The van der Waals surface area contributed by atoms with Gasteiger partial charge in [-0.1, -0.05) is 36.8 Å². The molecule has 0 bridgehead atoms. The molecule has 7 heteroatoms. The van der Waals surface area contributed by atoms with Crippen molar-refractivity contribution in [1.82, 2.24) is 9.62 Å². The predicted octanol–water partition coefficient (Wildman–Crippen LogP) is 2.79. The first-order valence-corrected chi connectivity index (χ1v) is 12.1. The standard InChI is InChI=1S/C23H29N3O3S/c1-25(17-18-6-3-2-4-7-18)15-13-24-30(28,29)21-10-11-22-20(16-21)12-14-26(22)23(27)19-8-5-9-19/h2-4,6-7,10-11,16,19,24H,5,8-9,12-15,17H2,1H3. The van der Waals surface area contributed by atoms with Crippen molar-refractivity contribution in [3.05, 3.63) is 59.7 Å². The van der Waals surface area contributed by atoms with Crippen LogP contribution in [0.15, 0.2) is 53.4 Å². The summed E-state index contributed by atoms with van der Waals surface area (Å²) in [6, 6.07) is 15.2. The molecule has 2 aliphatic rings. The molecular formula is C23H29N3O3S. The zero-order valence-corrected chi connectivity index (χ0v) is 18.2. The quantitative estimate of drug-likeness (QED) is 0.703. The average molecular weight is 428 g/mol. The van der Waals surface area contributed by atoms with Crippen LogP contribution in [-0.2, 0) is 27.8 Å². The van der Waals surface area contributed by atoms with E-state index in [-0.39, 0.29) is 16.7 Å². The number of sulfonamides is 1. The maximum Gasteiger partial charge on any atom is 0.240 e. The summed E-state index contributed by atoms with van der Waals surface area (Å²) in [6.07, 6.45) is 3.77. The Kier molecular flexibility index (Phi) is 6.22. The van der Waals surface area contributed by atoms with Gasteiger partial charge in [-0.05, 0) is 55.6 Å². The molecule has 4 rings (SSSR count). The highest BCUT2D eigenvalue weighted by atomic mass is 32.2. The van der Waals surface area contributed by atoms with Gasteiger partial charge in [0.2, 0.25) is 15.9 Å². The van der Waals surface area contributed by atoms with E-state index in [1.807, 2.05) is 30.1 Å². The molecule has 0 spiro atoms. The van der Waals surface area contributed by atoms with Gasteiger partial charge in [0.15, 0.2) is 0 Å². The first kappa shape index (κ1) is 21.0. The molecule has 1 aliphatic heterocycles. The monoisotopic (exact) mass is 427 g/mol. The van der Waals surface area contributed by atoms with Crippen molar-refractivity contribution in [2.75, 3.05) is 31.6 Å². The van der Waals surface area contributed by atoms with Crippen molar-refractivity contribution in [2.24, 2.45) is 5.92 Å². The highest BCUT2D eigenvalue weighted by Crippen LogP contribution is 2.35. The number of fused-ring (bicyclic) bond motifs is 1. The van der Waals surface area contributed by atoms with Crippen LogP contribution in [0.3, 0.4) is 0 Å². The fraction of sp³-hybridized carbons (Fsp3) is 0.435. The Balaban J connectivity index is 1.35. The van der Waals surface area contributed by atoms with Crippen LogP contribution in [0.25, 0.3) is 0 Å². The number of rotatable bonds is 8. The van der Waals surface area contributed by atoms with E-state index in [4.69, 9.17) is 0 Å². The van der Waals surface area contributed by atoms with Crippen LogP contribution < -0.4 is 9.62 Å². The fourth-order valence-corrected chi connectivity index (χ4v) is 5.15. The van der Waals surface area contributed by atoms with Gasteiger partial charge in [-0.2, -0.15) is 0 Å². The maximum absolute atomic E-state index is 12.7. The number of benzene rings is 2. The first-order chi connectivity index (χ1) is 14.4. The first-order valence-electron chi connectivity index (χ1n) is 10.6. The molecule has 6 nitrogen and oxygen atoms in total. The third-order valence-corrected chi connectivity index (χ3v) is 7.52. The maximum atomic E-state index is 12.7. The zero-order chi connectivity index (χ0) is 21.1. The topological polar surface area (TPSA) is 69.7 Å². The number of hydrogen-bond acceptors (Lipinski definition) is 4. The summed E-state index contributed by atoms with van der Waals surface area (Å²) in [4.78, 5) is 16.8. The van der Waals surface area contributed by atoms with Crippen molar-refractivity contribution in [1.29, 1.82) is 0 Å². The molecule has 1 fully saturated rings. The van der Waals surface area contributed by atoms with Crippen LogP contribution in [0, 0.1) is 5.92 Å². The van der Waals surface area contributed by atoms with Crippen LogP contribution in [0.4, 0.5) is 5.69 Å². The van der Waals surface area contributed by atoms with Gasteiger partial charge in [0.1, 0.15) is 0 Å². The van der Waals surface area contributed by atoms with Gasteiger partial charge in [-0.25, -0.2) is 13.1 Å². The van der Waals surface area contributed by atoms with E-state index < -0.39 is 10.0 Å². The minimum absolute atomic E-state index is 0.147. The number of nitrogens with one attached hydrogen (secondary N) is 1. The third kappa shape index (κ3) is 4.58. The summed E-state index contributed by atoms with van der Waals surface area (Å²) in [5.74, 6) is 0.337. The van der Waals surface area contributed by atoms with Crippen LogP contribution in [0.1, 0.15) is 30.4 Å². The largest absolute Gasteiger partial charge is 0.312 e. The zero-order valence-electron chi connectivity index (χ0n) is 17.4. The Labute approximate surface area is 178 Å². The molecule has 160 valence electrons. The molecule has 0 radical (unpaired) electrons. The molecular weight excluding hydrogens is 398 g/mol. The average Bonchev–Trinajstić information content (AvgIpc) is 3.10. The van der Waals surface area contributed by atoms with E-state index in [0.717, 1.165) is 37.1 Å². The number of nitrogens with zero attached hydrogens (tertiary/aromatic N) is 2. The number of carbonyl (C=O) groups excluding carboxylic acids is 1. The Morgan fingerprint density at radius 3 is 2.63 bits per heavy atom. The Morgan fingerprint density at radius 2 is 1.93 bits per heavy atom. The lowest BCUT2D eigenvalue weighted by Gasteiger charge is -2.29. The number of likely N-dealkylation sites (N-methyl/N-ethyl adjacent to an activating group) is 1. The van der Waals surface area contributed by atoms with Gasteiger partial charge >= 0.3 is 0 Å². The fourth-order valence-electron chi connectivity index (χ4n) is 4.08. The molecule has 1 heterocycles. The van der Waals surface area contributed by atoms with Crippen LogP contribution in [0.5, 0.6) is 0 Å². The molecule has 30 heavy (non-hydrogen) atoms. The number of carbonyl (C=O) groups is 1. The van der Waals surface area contributed by atoms with Gasteiger partial charge in [-0.3, -0.25) is 4.79 Å². The number of anilines is 1. The lowest BCUT2D eigenvalue weighted by atomic mass is 9.84. The van der Waals surface area contributed by atoms with Crippen molar-refractivity contribution in [3.63, 3.8) is 0 Å².